The molecule has 2 N–H and O–H groups in total. The fourth-order valence-corrected chi connectivity index (χ4v) is 4.74. The number of carbonyl (C=O) groups excluding carboxylic acids is 1. The van der Waals surface area contributed by atoms with Gasteiger partial charge in [-0.3, -0.25) is 0 Å². The van der Waals surface area contributed by atoms with Gasteiger partial charge in [0.1, 0.15) is 11.4 Å². The summed E-state index contributed by atoms with van der Waals surface area (Å²) in [5.41, 5.74) is 5.00. The number of nitrogens with one attached hydrogen (secondary N) is 2. The number of nitrogens with zero attached hydrogens (tertiary/aromatic N) is 3. The van der Waals surface area contributed by atoms with Crippen LogP contribution in [0, 0.1) is 6.92 Å². The van der Waals surface area contributed by atoms with Crippen molar-refractivity contribution in [3.63, 3.8) is 0 Å². The highest BCUT2D eigenvalue weighted by Crippen LogP contribution is 2.26. The smallest absolute Gasteiger partial charge is 0.408 e. The van der Waals surface area contributed by atoms with Crippen LogP contribution in [0.2, 0.25) is 0 Å². The minimum Gasteiger partial charge on any atom is -0.444 e. The molecule has 7 heteroatoms. The van der Waals surface area contributed by atoms with Crippen molar-refractivity contribution in [1.82, 2.24) is 25.1 Å². The summed E-state index contributed by atoms with van der Waals surface area (Å²) in [4.78, 5) is 16.4. The number of carbonyl (C=O) groups is 1. The van der Waals surface area contributed by atoms with Crippen molar-refractivity contribution in [3.8, 4) is 0 Å². The SMILES string of the molecule is Cc1ccc(Cn2c(Cc3ccccc3)nnc2[C@@H](Cc2c[nH]c3ccccc23)NC(=O)OC(C)(C)C)cc1. The zero-order valence-electron chi connectivity index (χ0n) is 22.9. The number of amides is 1. The minimum atomic E-state index is -0.622. The van der Waals surface area contributed by atoms with Crippen LogP contribution in [0.5, 0.6) is 0 Å². The molecule has 2 aromatic heterocycles. The number of hydrogen-bond donors (Lipinski definition) is 2. The van der Waals surface area contributed by atoms with E-state index in [4.69, 9.17) is 4.74 Å². The van der Waals surface area contributed by atoms with Gasteiger partial charge in [0.15, 0.2) is 5.82 Å². The van der Waals surface area contributed by atoms with Gasteiger partial charge in [-0.05, 0) is 50.5 Å². The normalized spacial score (nSPS) is 12.4. The molecule has 0 fully saturated rings. The summed E-state index contributed by atoms with van der Waals surface area (Å²) in [6.45, 7) is 8.25. The third-order valence-corrected chi connectivity index (χ3v) is 6.62. The van der Waals surface area contributed by atoms with Gasteiger partial charge in [0.05, 0.1) is 12.6 Å². The van der Waals surface area contributed by atoms with Gasteiger partial charge in [-0.2, -0.15) is 0 Å². The van der Waals surface area contributed by atoms with E-state index in [0.29, 0.717) is 25.2 Å². The third kappa shape index (κ3) is 6.55. The quantitative estimate of drug-likeness (QED) is 0.244. The maximum absolute atomic E-state index is 13.0. The minimum absolute atomic E-state index is 0.457. The van der Waals surface area contributed by atoms with Crippen molar-refractivity contribution in [2.24, 2.45) is 0 Å². The average Bonchev–Trinajstić information content (AvgIpc) is 3.48. The molecule has 0 spiro atoms. The Morgan fingerprint density at radius 3 is 2.41 bits per heavy atom. The Labute approximate surface area is 229 Å². The molecule has 3 aromatic carbocycles. The highest BCUT2D eigenvalue weighted by Gasteiger charge is 2.27. The molecule has 39 heavy (non-hydrogen) atoms. The van der Waals surface area contributed by atoms with E-state index in [-0.39, 0.29) is 0 Å². The second-order valence-electron chi connectivity index (χ2n) is 11.0. The number of ether oxygens (including phenoxy) is 1. The number of aromatic amines is 1. The van der Waals surface area contributed by atoms with Crippen LogP contribution in [-0.2, 0) is 24.1 Å². The van der Waals surface area contributed by atoms with Gasteiger partial charge < -0.3 is 19.6 Å². The molecule has 0 unspecified atom stereocenters. The highest BCUT2D eigenvalue weighted by molar-refractivity contribution is 5.83. The number of aryl methyl sites for hydroxylation is 1. The Bertz CT molecular complexity index is 1550. The fraction of sp³-hybridized carbons (Fsp3) is 0.281. The van der Waals surface area contributed by atoms with Crippen molar-refractivity contribution in [1.29, 1.82) is 0 Å². The standard InChI is InChI=1S/C32H35N5O2/c1-22-14-16-24(17-15-22)21-37-29(18-23-10-6-5-7-11-23)35-36-30(37)28(34-31(38)39-32(2,3)4)19-25-20-33-27-13-9-8-12-26(25)27/h5-17,20,28,33H,18-19,21H2,1-4H3,(H,34,38)/t28-/m1/s1. The van der Waals surface area contributed by atoms with Crippen LogP contribution in [0.25, 0.3) is 10.9 Å². The summed E-state index contributed by atoms with van der Waals surface area (Å²) in [6.07, 6.45) is 2.67. The summed E-state index contributed by atoms with van der Waals surface area (Å²) in [6, 6.07) is 26.4. The molecule has 0 saturated heterocycles. The van der Waals surface area contributed by atoms with Crippen molar-refractivity contribution < 1.29 is 9.53 Å². The number of rotatable bonds is 8. The fourth-order valence-electron chi connectivity index (χ4n) is 4.74. The zero-order chi connectivity index (χ0) is 27.4. The van der Waals surface area contributed by atoms with Crippen LogP contribution in [0.1, 0.15) is 60.7 Å². The Balaban J connectivity index is 1.55. The first-order valence-corrected chi connectivity index (χ1v) is 13.3. The van der Waals surface area contributed by atoms with Crippen LogP contribution in [0.3, 0.4) is 0 Å². The van der Waals surface area contributed by atoms with Crippen LogP contribution in [-0.4, -0.2) is 31.4 Å². The maximum Gasteiger partial charge on any atom is 0.408 e. The first kappa shape index (κ1) is 26.2. The van der Waals surface area contributed by atoms with Gasteiger partial charge in [-0.15, -0.1) is 10.2 Å². The first-order chi connectivity index (χ1) is 18.7. The number of fused-ring (bicyclic) bond motifs is 1. The molecule has 2 heterocycles. The van der Waals surface area contributed by atoms with E-state index in [0.717, 1.165) is 33.4 Å². The van der Waals surface area contributed by atoms with Crippen LogP contribution in [0.15, 0.2) is 85.1 Å². The molecular formula is C32H35N5O2. The van der Waals surface area contributed by atoms with E-state index in [1.165, 1.54) is 5.56 Å². The molecule has 7 nitrogen and oxygen atoms in total. The Kier molecular flexibility index (Phi) is 7.50. The van der Waals surface area contributed by atoms with Crippen molar-refractivity contribution in [3.05, 3.63) is 119 Å². The van der Waals surface area contributed by atoms with Gasteiger partial charge in [0.2, 0.25) is 0 Å². The summed E-state index contributed by atoms with van der Waals surface area (Å²) in [5.74, 6) is 1.53. The van der Waals surface area contributed by atoms with Crippen molar-refractivity contribution in [2.75, 3.05) is 0 Å². The number of para-hydroxylation sites is 1. The van der Waals surface area contributed by atoms with Crippen LogP contribution >= 0.6 is 0 Å². The average molecular weight is 522 g/mol. The molecule has 0 saturated carbocycles. The van der Waals surface area contributed by atoms with Gasteiger partial charge in [-0.25, -0.2) is 4.79 Å². The zero-order valence-corrected chi connectivity index (χ0v) is 22.9. The maximum atomic E-state index is 13.0. The predicted molar refractivity (Wildman–Crippen MR) is 154 cm³/mol. The second-order valence-corrected chi connectivity index (χ2v) is 11.0. The van der Waals surface area contributed by atoms with Crippen LogP contribution < -0.4 is 5.32 Å². The Hall–Kier alpha value is -4.39. The lowest BCUT2D eigenvalue weighted by Crippen LogP contribution is -2.37. The topological polar surface area (TPSA) is 84.8 Å². The van der Waals surface area contributed by atoms with Crippen molar-refractivity contribution >= 4 is 17.0 Å². The molecule has 0 radical (unpaired) electrons. The molecule has 200 valence electrons. The van der Waals surface area contributed by atoms with Crippen molar-refractivity contribution in [2.45, 2.75) is 58.7 Å². The molecule has 5 aromatic rings. The number of hydrogen-bond acceptors (Lipinski definition) is 4. The van der Waals surface area contributed by atoms with Gasteiger partial charge in [-0.1, -0.05) is 78.4 Å². The molecule has 0 aliphatic heterocycles. The number of benzene rings is 3. The van der Waals surface area contributed by atoms with E-state index in [9.17, 15) is 4.79 Å². The molecule has 1 amide bonds. The third-order valence-electron chi connectivity index (χ3n) is 6.62. The summed E-state index contributed by atoms with van der Waals surface area (Å²) >= 11 is 0. The van der Waals surface area contributed by atoms with E-state index in [1.807, 2.05) is 63.4 Å². The summed E-state index contributed by atoms with van der Waals surface area (Å²) in [7, 11) is 0. The largest absolute Gasteiger partial charge is 0.444 e. The molecule has 1 atom stereocenters. The Morgan fingerprint density at radius 2 is 1.67 bits per heavy atom. The van der Waals surface area contributed by atoms with E-state index in [2.05, 4.69) is 74.5 Å². The summed E-state index contributed by atoms with van der Waals surface area (Å²) in [5, 5.41) is 13.5. The molecule has 5 rings (SSSR count). The Morgan fingerprint density at radius 1 is 0.949 bits per heavy atom. The summed E-state index contributed by atoms with van der Waals surface area (Å²) < 4.78 is 7.79. The lowest BCUT2D eigenvalue weighted by Gasteiger charge is -2.24. The first-order valence-electron chi connectivity index (χ1n) is 13.3. The van der Waals surface area contributed by atoms with E-state index >= 15 is 0 Å². The number of aromatic nitrogens is 4. The van der Waals surface area contributed by atoms with Gasteiger partial charge in [0, 0.05) is 29.9 Å². The van der Waals surface area contributed by atoms with Crippen LogP contribution in [0.4, 0.5) is 4.79 Å². The van der Waals surface area contributed by atoms with E-state index in [1.54, 1.807) is 0 Å². The predicted octanol–water partition coefficient (Wildman–Crippen LogP) is 6.52. The van der Waals surface area contributed by atoms with Gasteiger partial charge in [0.25, 0.3) is 0 Å². The molecule has 0 aliphatic carbocycles. The number of alkyl carbamates (subject to hydrolysis) is 1. The van der Waals surface area contributed by atoms with Gasteiger partial charge >= 0.3 is 6.09 Å². The lowest BCUT2D eigenvalue weighted by atomic mass is 10.0. The van der Waals surface area contributed by atoms with E-state index < -0.39 is 17.7 Å². The second kappa shape index (κ2) is 11.2. The molecule has 0 aliphatic rings. The molecular weight excluding hydrogens is 486 g/mol. The monoisotopic (exact) mass is 521 g/mol. The lowest BCUT2D eigenvalue weighted by molar-refractivity contribution is 0.0500. The highest BCUT2D eigenvalue weighted by atomic mass is 16.6. The molecule has 0 bridgehead atoms. The number of H-pyrrole nitrogens is 1.